The molecule has 0 saturated carbocycles. The molecule has 0 amide bonds. The predicted octanol–water partition coefficient (Wildman–Crippen LogP) is 4.80. The fourth-order valence-electron chi connectivity index (χ4n) is 2.71. The number of aryl methyl sites for hydroxylation is 1. The van der Waals surface area contributed by atoms with Gasteiger partial charge in [0.1, 0.15) is 5.75 Å². The highest BCUT2D eigenvalue weighted by Gasteiger charge is 2.16. The minimum atomic E-state index is -0.169. The maximum Gasteiger partial charge on any atom is 0.199 e. The van der Waals surface area contributed by atoms with Gasteiger partial charge < -0.3 is 9.47 Å². The van der Waals surface area contributed by atoms with Crippen molar-refractivity contribution in [2.45, 2.75) is 32.5 Å². The van der Waals surface area contributed by atoms with Crippen LogP contribution in [-0.2, 0) is 4.74 Å². The van der Waals surface area contributed by atoms with Crippen LogP contribution in [0.4, 0.5) is 0 Å². The molecule has 1 heterocycles. The van der Waals surface area contributed by atoms with Gasteiger partial charge in [-0.1, -0.05) is 36.4 Å². The normalized spacial score (nSPS) is 17.8. The molecule has 2 aromatic rings. The molecule has 0 aliphatic carbocycles. The summed E-state index contributed by atoms with van der Waals surface area (Å²) in [4.78, 5) is 12.3. The lowest BCUT2D eigenvalue weighted by Crippen LogP contribution is -2.25. The van der Waals surface area contributed by atoms with Crippen LogP contribution >= 0.6 is 0 Å². The zero-order valence-corrected chi connectivity index (χ0v) is 13.9. The molecule has 0 radical (unpaired) electrons. The third-order valence-electron chi connectivity index (χ3n) is 4.08. The molecular formula is C21H22O3. The van der Waals surface area contributed by atoms with E-state index in [4.69, 9.17) is 9.47 Å². The Bertz CT molecular complexity index is 713. The lowest BCUT2D eigenvalue weighted by molar-refractivity contribution is -0.106. The van der Waals surface area contributed by atoms with Gasteiger partial charge in [0.15, 0.2) is 12.1 Å². The number of ether oxygens (including phenoxy) is 2. The quantitative estimate of drug-likeness (QED) is 0.586. The molecule has 24 heavy (non-hydrogen) atoms. The number of ketones is 1. The van der Waals surface area contributed by atoms with Crippen molar-refractivity contribution in [1.82, 2.24) is 0 Å². The van der Waals surface area contributed by atoms with E-state index >= 15 is 0 Å². The number of hydrogen-bond acceptors (Lipinski definition) is 3. The number of carbonyl (C=O) groups excluding carboxylic acids is 1. The standard InChI is InChI=1S/C21H22O3/c1-16-15-18(19(22)12-10-17-7-3-2-4-8-17)11-13-20(16)24-21-9-5-6-14-23-21/h2-4,7-8,10-13,15,21H,5-6,9,14H2,1H3/b12-10+. The smallest absolute Gasteiger partial charge is 0.199 e. The van der Waals surface area contributed by atoms with Crippen LogP contribution in [-0.4, -0.2) is 18.7 Å². The average Bonchev–Trinajstić information content (AvgIpc) is 2.63. The Balaban J connectivity index is 1.67. The molecule has 0 spiro atoms. The van der Waals surface area contributed by atoms with Crippen LogP contribution in [0.3, 0.4) is 0 Å². The molecule has 1 saturated heterocycles. The van der Waals surface area contributed by atoms with Gasteiger partial charge in [-0.15, -0.1) is 0 Å². The maximum absolute atomic E-state index is 12.3. The van der Waals surface area contributed by atoms with Gasteiger partial charge in [-0.25, -0.2) is 0 Å². The number of allylic oxidation sites excluding steroid dienone is 1. The second kappa shape index (κ2) is 7.93. The lowest BCUT2D eigenvalue weighted by atomic mass is 10.1. The Morgan fingerprint density at radius 1 is 1.17 bits per heavy atom. The summed E-state index contributed by atoms with van der Waals surface area (Å²) in [6.45, 7) is 2.71. The molecule has 2 aromatic carbocycles. The fraction of sp³-hybridized carbons (Fsp3) is 0.286. The molecule has 0 N–H and O–H groups in total. The van der Waals surface area contributed by atoms with Crippen LogP contribution < -0.4 is 4.74 Å². The molecule has 3 rings (SSSR count). The van der Waals surface area contributed by atoms with E-state index in [0.29, 0.717) is 5.56 Å². The molecule has 3 heteroatoms. The molecule has 1 atom stereocenters. The van der Waals surface area contributed by atoms with E-state index in [9.17, 15) is 4.79 Å². The molecule has 1 fully saturated rings. The van der Waals surface area contributed by atoms with Crippen molar-refractivity contribution in [2.24, 2.45) is 0 Å². The second-order valence-electron chi connectivity index (χ2n) is 6.00. The zero-order valence-electron chi connectivity index (χ0n) is 13.9. The van der Waals surface area contributed by atoms with Crippen LogP contribution in [0.15, 0.2) is 54.6 Å². The Morgan fingerprint density at radius 3 is 2.71 bits per heavy atom. The van der Waals surface area contributed by atoms with E-state index < -0.39 is 0 Å². The summed E-state index contributed by atoms with van der Waals surface area (Å²) >= 11 is 0. The van der Waals surface area contributed by atoms with Crippen molar-refractivity contribution >= 4 is 11.9 Å². The second-order valence-corrected chi connectivity index (χ2v) is 6.00. The molecular weight excluding hydrogens is 300 g/mol. The topological polar surface area (TPSA) is 35.5 Å². The Morgan fingerprint density at radius 2 is 2.00 bits per heavy atom. The highest BCUT2D eigenvalue weighted by Crippen LogP contribution is 2.24. The molecule has 1 aliphatic rings. The van der Waals surface area contributed by atoms with Gasteiger partial charge in [0.25, 0.3) is 0 Å². The van der Waals surface area contributed by atoms with E-state index in [2.05, 4.69) is 0 Å². The molecule has 0 aromatic heterocycles. The van der Waals surface area contributed by atoms with Gasteiger partial charge in [-0.05, 0) is 55.2 Å². The van der Waals surface area contributed by atoms with Crippen LogP contribution in [0.25, 0.3) is 6.08 Å². The van der Waals surface area contributed by atoms with E-state index in [1.807, 2.05) is 61.5 Å². The average molecular weight is 322 g/mol. The van der Waals surface area contributed by atoms with Crippen molar-refractivity contribution in [3.8, 4) is 5.75 Å². The van der Waals surface area contributed by atoms with Gasteiger partial charge >= 0.3 is 0 Å². The minimum Gasteiger partial charge on any atom is -0.465 e. The van der Waals surface area contributed by atoms with Crippen molar-refractivity contribution in [3.05, 3.63) is 71.3 Å². The number of carbonyl (C=O) groups is 1. The fourth-order valence-corrected chi connectivity index (χ4v) is 2.71. The van der Waals surface area contributed by atoms with E-state index in [-0.39, 0.29) is 12.1 Å². The lowest BCUT2D eigenvalue weighted by Gasteiger charge is -2.24. The van der Waals surface area contributed by atoms with Gasteiger partial charge in [0.2, 0.25) is 0 Å². The van der Waals surface area contributed by atoms with Crippen LogP contribution in [0, 0.1) is 6.92 Å². The Hall–Kier alpha value is -2.39. The first-order chi connectivity index (χ1) is 11.7. The minimum absolute atomic E-state index is 0.0116. The summed E-state index contributed by atoms with van der Waals surface area (Å²) < 4.78 is 11.5. The first-order valence-electron chi connectivity index (χ1n) is 8.39. The van der Waals surface area contributed by atoms with Crippen molar-refractivity contribution in [3.63, 3.8) is 0 Å². The SMILES string of the molecule is Cc1cc(C(=O)/C=C/c2ccccc2)ccc1OC1CCCCO1. The van der Waals surface area contributed by atoms with Crippen molar-refractivity contribution in [1.29, 1.82) is 0 Å². The first kappa shape index (κ1) is 16.5. The Kier molecular flexibility index (Phi) is 5.44. The van der Waals surface area contributed by atoms with Crippen molar-refractivity contribution < 1.29 is 14.3 Å². The third kappa shape index (κ3) is 4.33. The van der Waals surface area contributed by atoms with Gasteiger partial charge in [0, 0.05) is 12.0 Å². The largest absolute Gasteiger partial charge is 0.465 e. The zero-order chi connectivity index (χ0) is 16.8. The van der Waals surface area contributed by atoms with Crippen LogP contribution in [0.5, 0.6) is 5.75 Å². The summed E-state index contributed by atoms with van der Waals surface area (Å²) in [6.07, 6.45) is 6.41. The summed E-state index contributed by atoms with van der Waals surface area (Å²) in [5.74, 6) is 0.771. The molecule has 3 nitrogen and oxygen atoms in total. The highest BCUT2D eigenvalue weighted by molar-refractivity contribution is 6.07. The number of hydrogen-bond donors (Lipinski definition) is 0. The molecule has 1 aliphatic heterocycles. The maximum atomic E-state index is 12.3. The summed E-state index contributed by atoms with van der Waals surface area (Å²) in [5.41, 5.74) is 2.62. The van der Waals surface area contributed by atoms with E-state index in [0.717, 1.165) is 42.7 Å². The van der Waals surface area contributed by atoms with Crippen LogP contribution in [0.2, 0.25) is 0 Å². The predicted molar refractivity (Wildman–Crippen MR) is 95.2 cm³/mol. The Labute approximate surface area is 142 Å². The van der Waals surface area contributed by atoms with E-state index in [1.165, 1.54) is 0 Å². The van der Waals surface area contributed by atoms with Crippen molar-refractivity contribution in [2.75, 3.05) is 6.61 Å². The van der Waals surface area contributed by atoms with Crippen LogP contribution in [0.1, 0.15) is 40.7 Å². The first-order valence-corrected chi connectivity index (χ1v) is 8.39. The van der Waals surface area contributed by atoms with Gasteiger partial charge in [-0.2, -0.15) is 0 Å². The van der Waals surface area contributed by atoms with E-state index in [1.54, 1.807) is 6.08 Å². The summed E-state index contributed by atoms with van der Waals surface area (Å²) in [6, 6.07) is 15.3. The molecule has 0 bridgehead atoms. The molecule has 1 unspecified atom stereocenters. The van der Waals surface area contributed by atoms with Gasteiger partial charge in [-0.3, -0.25) is 4.79 Å². The number of rotatable bonds is 5. The third-order valence-corrected chi connectivity index (χ3v) is 4.08. The monoisotopic (exact) mass is 322 g/mol. The van der Waals surface area contributed by atoms with Gasteiger partial charge in [0.05, 0.1) is 6.61 Å². The summed E-state index contributed by atoms with van der Waals surface area (Å²) in [7, 11) is 0. The number of benzene rings is 2. The highest BCUT2D eigenvalue weighted by atomic mass is 16.7. The molecule has 124 valence electrons. The summed E-state index contributed by atoms with van der Waals surface area (Å²) in [5, 5.41) is 0.